The highest BCUT2D eigenvalue weighted by molar-refractivity contribution is 5.84. The molecule has 0 bridgehead atoms. The number of ketones is 1. The molecule has 1 aliphatic rings. The smallest absolute Gasteiger partial charge is 0.149 e. The van der Waals surface area contributed by atoms with Gasteiger partial charge >= 0.3 is 0 Å². The number of rotatable bonds is 3. The zero-order valence-electron chi connectivity index (χ0n) is 6.81. The van der Waals surface area contributed by atoms with Crippen molar-refractivity contribution in [2.45, 2.75) is 31.7 Å². The third-order valence-electron chi connectivity index (χ3n) is 2.06. The average molecular weight is 153 g/mol. The van der Waals surface area contributed by atoms with Crippen LogP contribution in [0.3, 0.4) is 0 Å². The summed E-state index contributed by atoms with van der Waals surface area (Å²) in [6, 6.07) is 0.113. The molecule has 1 atom stereocenters. The summed E-state index contributed by atoms with van der Waals surface area (Å²) >= 11 is 0. The van der Waals surface area contributed by atoms with Gasteiger partial charge in [0.25, 0.3) is 0 Å². The predicted molar refractivity (Wildman–Crippen MR) is 45.5 cm³/mol. The molecule has 0 aliphatic heterocycles. The van der Waals surface area contributed by atoms with Crippen molar-refractivity contribution in [2.75, 3.05) is 6.54 Å². The Kier molecular flexibility index (Phi) is 3.30. The second-order valence-electron chi connectivity index (χ2n) is 2.96. The zero-order valence-corrected chi connectivity index (χ0v) is 6.81. The Morgan fingerprint density at radius 1 is 1.64 bits per heavy atom. The summed E-state index contributed by atoms with van der Waals surface area (Å²) in [4.78, 5) is 11.2. The van der Waals surface area contributed by atoms with Crippen LogP contribution < -0.4 is 5.32 Å². The number of carbonyl (C=O) groups excluding carboxylic acids is 1. The van der Waals surface area contributed by atoms with Crippen LogP contribution in [0.5, 0.6) is 0 Å². The summed E-state index contributed by atoms with van der Waals surface area (Å²) in [5.41, 5.74) is 0. The highest BCUT2D eigenvalue weighted by Crippen LogP contribution is 2.13. The van der Waals surface area contributed by atoms with Gasteiger partial charge in [-0.3, -0.25) is 4.79 Å². The first kappa shape index (κ1) is 8.47. The predicted octanol–water partition coefficient (Wildman–Crippen LogP) is 1.27. The van der Waals surface area contributed by atoms with Crippen molar-refractivity contribution in [3.63, 3.8) is 0 Å². The summed E-state index contributed by atoms with van der Waals surface area (Å²) in [6.45, 7) is 4.34. The van der Waals surface area contributed by atoms with Gasteiger partial charge in [-0.25, -0.2) is 0 Å². The van der Waals surface area contributed by atoms with Gasteiger partial charge in [-0.2, -0.15) is 0 Å². The molecule has 0 aromatic carbocycles. The van der Waals surface area contributed by atoms with Crippen LogP contribution in [0.25, 0.3) is 0 Å². The maximum absolute atomic E-state index is 11.2. The van der Waals surface area contributed by atoms with E-state index in [4.69, 9.17) is 0 Å². The van der Waals surface area contributed by atoms with Crippen molar-refractivity contribution in [3.8, 4) is 0 Å². The van der Waals surface area contributed by atoms with Gasteiger partial charge in [-0.05, 0) is 12.8 Å². The minimum absolute atomic E-state index is 0.113. The second kappa shape index (κ2) is 4.29. The molecule has 0 spiro atoms. The SMILES string of the molecule is C=CCNC1CCCCC1=O. The molecule has 1 unspecified atom stereocenters. The Bertz CT molecular complexity index is 154. The topological polar surface area (TPSA) is 29.1 Å². The molecule has 0 saturated heterocycles. The van der Waals surface area contributed by atoms with Crippen molar-refractivity contribution in [1.82, 2.24) is 5.32 Å². The van der Waals surface area contributed by atoms with Crippen LogP contribution in [0.1, 0.15) is 25.7 Å². The summed E-state index contributed by atoms with van der Waals surface area (Å²) < 4.78 is 0. The normalized spacial score (nSPS) is 25.1. The maximum atomic E-state index is 11.2. The number of hydrogen-bond donors (Lipinski definition) is 1. The van der Waals surface area contributed by atoms with Crippen LogP contribution in [0.4, 0.5) is 0 Å². The van der Waals surface area contributed by atoms with E-state index in [-0.39, 0.29) is 6.04 Å². The highest BCUT2D eigenvalue weighted by atomic mass is 16.1. The maximum Gasteiger partial charge on any atom is 0.149 e. The minimum atomic E-state index is 0.113. The standard InChI is InChI=1S/C9H15NO/c1-2-7-10-8-5-3-4-6-9(8)11/h2,8,10H,1,3-7H2. The molecule has 0 radical (unpaired) electrons. The average Bonchev–Trinajstić information content (AvgIpc) is 2.03. The van der Waals surface area contributed by atoms with Crippen LogP contribution in [0, 0.1) is 0 Å². The molecule has 1 N–H and O–H groups in total. The molecule has 0 amide bonds. The largest absolute Gasteiger partial charge is 0.304 e. The van der Waals surface area contributed by atoms with E-state index in [1.54, 1.807) is 6.08 Å². The summed E-state index contributed by atoms with van der Waals surface area (Å²) in [6.07, 6.45) is 5.81. The van der Waals surface area contributed by atoms with Gasteiger partial charge in [0, 0.05) is 13.0 Å². The van der Waals surface area contributed by atoms with Gasteiger partial charge in [-0.15, -0.1) is 6.58 Å². The van der Waals surface area contributed by atoms with Crippen molar-refractivity contribution in [2.24, 2.45) is 0 Å². The summed E-state index contributed by atoms with van der Waals surface area (Å²) in [5, 5.41) is 3.15. The van der Waals surface area contributed by atoms with E-state index in [0.29, 0.717) is 5.78 Å². The number of Topliss-reactive ketones (excluding diaryl/α,β-unsaturated/α-hetero) is 1. The van der Waals surface area contributed by atoms with Crippen LogP contribution in [0.15, 0.2) is 12.7 Å². The minimum Gasteiger partial charge on any atom is -0.304 e. The lowest BCUT2D eigenvalue weighted by molar-refractivity contribution is -0.122. The van der Waals surface area contributed by atoms with Gasteiger partial charge in [0.1, 0.15) is 5.78 Å². The van der Waals surface area contributed by atoms with E-state index >= 15 is 0 Å². The number of carbonyl (C=O) groups is 1. The molecule has 62 valence electrons. The van der Waals surface area contributed by atoms with Gasteiger partial charge in [0.05, 0.1) is 6.04 Å². The van der Waals surface area contributed by atoms with Crippen LogP contribution in [-0.4, -0.2) is 18.4 Å². The first-order valence-electron chi connectivity index (χ1n) is 4.21. The van der Waals surface area contributed by atoms with Crippen LogP contribution in [0.2, 0.25) is 0 Å². The Morgan fingerprint density at radius 2 is 2.45 bits per heavy atom. The second-order valence-corrected chi connectivity index (χ2v) is 2.96. The molecular formula is C9H15NO. The van der Waals surface area contributed by atoms with E-state index in [1.165, 1.54) is 6.42 Å². The molecule has 11 heavy (non-hydrogen) atoms. The third kappa shape index (κ3) is 2.46. The quantitative estimate of drug-likeness (QED) is 0.619. The molecule has 0 aromatic rings. The molecule has 2 heteroatoms. The van der Waals surface area contributed by atoms with E-state index in [2.05, 4.69) is 11.9 Å². The van der Waals surface area contributed by atoms with E-state index in [1.807, 2.05) is 0 Å². The van der Waals surface area contributed by atoms with Gasteiger partial charge in [0.15, 0.2) is 0 Å². The third-order valence-corrected chi connectivity index (χ3v) is 2.06. The first-order valence-corrected chi connectivity index (χ1v) is 4.21. The molecule has 2 nitrogen and oxygen atoms in total. The molecule has 1 rings (SSSR count). The number of nitrogens with one attached hydrogen (secondary N) is 1. The van der Waals surface area contributed by atoms with Crippen molar-refractivity contribution in [1.29, 1.82) is 0 Å². The Balaban J connectivity index is 2.29. The van der Waals surface area contributed by atoms with E-state index in [9.17, 15) is 4.79 Å². The van der Waals surface area contributed by atoms with Crippen LogP contribution in [-0.2, 0) is 4.79 Å². The van der Waals surface area contributed by atoms with Crippen molar-refractivity contribution >= 4 is 5.78 Å². The van der Waals surface area contributed by atoms with Gasteiger partial charge in [-0.1, -0.05) is 12.5 Å². The molecule has 1 fully saturated rings. The van der Waals surface area contributed by atoms with E-state index < -0.39 is 0 Å². The lowest BCUT2D eigenvalue weighted by Crippen LogP contribution is -2.38. The molecule has 1 aliphatic carbocycles. The summed E-state index contributed by atoms with van der Waals surface area (Å²) in [7, 11) is 0. The Hall–Kier alpha value is -0.630. The van der Waals surface area contributed by atoms with Crippen molar-refractivity contribution in [3.05, 3.63) is 12.7 Å². The fraction of sp³-hybridized carbons (Fsp3) is 0.667. The first-order chi connectivity index (χ1) is 5.34. The van der Waals surface area contributed by atoms with Gasteiger partial charge in [0.2, 0.25) is 0 Å². The van der Waals surface area contributed by atoms with Crippen LogP contribution >= 0.6 is 0 Å². The zero-order chi connectivity index (χ0) is 8.10. The number of hydrogen-bond acceptors (Lipinski definition) is 2. The molecular weight excluding hydrogens is 138 g/mol. The van der Waals surface area contributed by atoms with E-state index in [0.717, 1.165) is 25.8 Å². The van der Waals surface area contributed by atoms with Gasteiger partial charge < -0.3 is 5.32 Å². The molecule has 1 saturated carbocycles. The lowest BCUT2D eigenvalue weighted by atomic mass is 9.94. The van der Waals surface area contributed by atoms with Crippen molar-refractivity contribution < 1.29 is 4.79 Å². The fourth-order valence-corrected chi connectivity index (χ4v) is 1.42. The lowest BCUT2D eigenvalue weighted by Gasteiger charge is -2.20. The Morgan fingerprint density at radius 3 is 3.09 bits per heavy atom. The highest BCUT2D eigenvalue weighted by Gasteiger charge is 2.20. The monoisotopic (exact) mass is 153 g/mol. The fourth-order valence-electron chi connectivity index (χ4n) is 1.42. The summed E-state index contributed by atoms with van der Waals surface area (Å²) in [5.74, 6) is 0.373. The Labute approximate surface area is 67.7 Å². The molecule has 0 heterocycles. The molecule has 0 aromatic heterocycles.